The quantitative estimate of drug-likeness (QED) is 0.886. The summed E-state index contributed by atoms with van der Waals surface area (Å²) in [6.45, 7) is 0. The van der Waals surface area contributed by atoms with Gasteiger partial charge in [0.1, 0.15) is 6.04 Å². The number of hydrogen-bond donors (Lipinski definition) is 2. The Kier molecular flexibility index (Phi) is 4.64. The second-order valence-electron chi connectivity index (χ2n) is 4.87. The van der Waals surface area contributed by atoms with Crippen LogP contribution in [0, 0.1) is 5.92 Å². The molecule has 0 heterocycles. The minimum absolute atomic E-state index is 0.250. The molecule has 1 atom stereocenters. The van der Waals surface area contributed by atoms with Crippen LogP contribution in [0.2, 0.25) is 0 Å². The van der Waals surface area contributed by atoms with Gasteiger partial charge in [-0.2, -0.15) is 0 Å². The summed E-state index contributed by atoms with van der Waals surface area (Å²) in [4.78, 5) is 11.4. The van der Waals surface area contributed by atoms with Crippen LogP contribution in [-0.2, 0) is 4.79 Å². The molecule has 1 saturated carbocycles. The molecule has 1 aromatic rings. The molecule has 0 aliphatic heterocycles. The van der Waals surface area contributed by atoms with Crippen molar-refractivity contribution >= 4 is 27.6 Å². The largest absolute Gasteiger partial charge is 0.480 e. The molecule has 0 saturated heterocycles. The Balaban J connectivity index is 2.05. The fraction of sp³-hybridized carbons (Fsp3) is 0.500. The molecule has 0 amide bonds. The molecule has 1 aromatic carbocycles. The minimum Gasteiger partial charge on any atom is -0.480 e. The SMILES string of the molecule is O=C(O)C(Nc1ccc(Br)cc1)C1CCCCC1. The molecule has 2 N–H and O–H groups in total. The Hall–Kier alpha value is -1.03. The van der Waals surface area contributed by atoms with Crippen molar-refractivity contribution in [2.24, 2.45) is 5.92 Å². The Labute approximate surface area is 116 Å². The van der Waals surface area contributed by atoms with Crippen molar-refractivity contribution in [1.29, 1.82) is 0 Å². The number of benzene rings is 1. The first-order chi connectivity index (χ1) is 8.66. The molecule has 18 heavy (non-hydrogen) atoms. The van der Waals surface area contributed by atoms with Crippen molar-refractivity contribution in [1.82, 2.24) is 0 Å². The summed E-state index contributed by atoms with van der Waals surface area (Å²) in [5, 5.41) is 12.5. The number of rotatable bonds is 4. The lowest BCUT2D eigenvalue weighted by Gasteiger charge is -2.28. The summed E-state index contributed by atoms with van der Waals surface area (Å²) in [6.07, 6.45) is 5.56. The molecule has 1 fully saturated rings. The van der Waals surface area contributed by atoms with Gasteiger partial charge in [0, 0.05) is 10.2 Å². The van der Waals surface area contributed by atoms with Gasteiger partial charge in [-0.15, -0.1) is 0 Å². The fourth-order valence-electron chi connectivity index (χ4n) is 2.57. The number of carboxylic acid groups (broad SMARTS) is 1. The maximum atomic E-state index is 11.4. The summed E-state index contributed by atoms with van der Waals surface area (Å²) in [5.74, 6) is -0.496. The van der Waals surface area contributed by atoms with Crippen LogP contribution in [0.4, 0.5) is 5.69 Å². The van der Waals surface area contributed by atoms with Crippen LogP contribution < -0.4 is 5.32 Å². The monoisotopic (exact) mass is 311 g/mol. The van der Waals surface area contributed by atoms with Crippen LogP contribution in [-0.4, -0.2) is 17.1 Å². The first-order valence-corrected chi connectivity index (χ1v) is 7.21. The normalized spacial score (nSPS) is 18.3. The van der Waals surface area contributed by atoms with Gasteiger partial charge < -0.3 is 10.4 Å². The summed E-state index contributed by atoms with van der Waals surface area (Å²) in [7, 11) is 0. The van der Waals surface area contributed by atoms with E-state index in [4.69, 9.17) is 0 Å². The van der Waals surface area contributed by atoms with E-state index >= 15 is 0 Å². The predicted molar refractivity (Wildman–Crippen MR) is 75.8 cm³/mol. The molecule has 0 bridgehead atoms. The van der Waals surface area contributed by atoms with Crippen LogP contribution in [0.1, 0.15) is 32.1 Å². The average Bonchev–Trinajstić information content (AvgIpc) is 2.38. The Bertz CT molecular complexity index is 399. The van der Waals surface area contributed by atoms with Crippen LogP contribution >= 0.6 is 15.9 Å². The summed E-state index contributed by atoms with van der Waals surface area (Å²) in [6, 6.07) is 7.18. The van der Waals surface area contributed by atoms with Gasteiger partial charge >= 0.3 is 5.97 Å². The number of carbonyl (C=O) groups is 1. The molecule has 2 rings (SSSR count). The number of aliphatic carboxylic acids is 1. The molecule has 1 aliphatic rings. The lowest BCUT2D eigenvalue weighted by molar-refractivity contribution is -0.139. The lowest BCUT2D eigenvalue weighted by atomic mass is 9.84. The lowest BCUT2D eigenvalue weighted by Crippen LogP contribution is -2.37. The van der Waals surface area contributed by atoms with Crippen molar-refractivity contribution in [3.8, 4) is 0 Å². The highest BCUT2D eigenvalue weighted by atomic mass is 79.9. The number of nitrogens with one attached hydrogen (secondary N) is 1. The third kappa shape index (κ3) is 3.48. The van der Waals surface area contributed by atoms with E-state index < -0.39 is 12.0 Å². The highest BCUT2D eigenvalue weighted by Crippen LogP contribution is 2.28. The Morgan fingerprint density at radius 2 is 1.83 bits per heavy atom. The fourth-order valence-corrected chi connectivity index (χ4v) is 2.84. The van der Waals surface area contributed by atoms with Gasteiger partial charge in [-0.3, -0.25) is 0 Å². The molecule has 1 aliphatic carbocycles. The third-order valence-electron chi connectivity index (χ3n) is 3.55. The highest BCUT2D eigenvalue weighted by Gasteiger charge is 2.29. The maximum Gasteiger partial charge on any atom is 0.326 e. The Morgan fingerprint density at radius 3 is 2.39 bits per heavy atom. The van der Waals surface area contributed by atoms with Crippen LogP contribution in [0.3, 0.4) is 0 Å². The second-order valence-corrected chi connectivity index (χ2v) is 5.78. The zero-order valence-corrected chi connectivity index (χ0v) is 11.8. The van der Waals surface area contributed by atoms with E-state index in [1.165, 1.54) is 6.42 Å². The minimum atomic E-state index is -0.746. The zero-order chi connectivity index (χ0) is 13.0. The third-order valence-corrected chi connectivity index (χ3v) is 4.08. The molecule has 1 unspecified atom stereocenters. The first kappa shape index (κ1) is 13.4. The summed E-state index contributed by atoms with van der Waals surface area (Å²) < 4.78 is 0.998. The molecule has 0 spiro atoms. The van der Waals surface area contributed by atoms with E-state index in [9.17, 15) is 9.90 Å². The number of hydrogen-bond acceptors (Lipinski definition) is 2. The summed E-state index contributed by atoms with van der Waals surface area (Å²) in [5.41, 5.74) is 0.871. The van der Waals surface area contributed by atoms with Gasteiger partial charge in [0.15, 0.2) is 0 Å². The van der Waals surface area contributed by atoms with Crippen molar-refractivity contribution < 1.29 is 9.90 Å². The molecule has 0 radical (unpaired) electrons. The topological polar surface area (TPSA) is 49.3 Å². The van der Waals surface area contributed by atoms with Gasteiger partial charge in [-0.05, 0) is 43.0 Å². The van der Waals surface area contributed by atoms with Gasteiger partial charge in [0.25, 0.3) is 0 Å². The predicted octanol–water partition coefficient (Wildman–Crippen LogP) is 3.89. The van der Waals surface area contributed by atoms with Crippen LogP contribution in [0.25, 0.3) is 0 Å². The van der Waals surface area contributed by atoms with E-state index in [2.05, 4.69) is 21.2 Å². The van der Waals surface area contributed by atoms with Crippen LogP contribution in [0.15, 0.2) is 28.7 Å². The summed E-state index contributed by atoms with van der Waals surface area (Å²) >= 11 is 3.37. The molecule has 98 valence electrons. The standard InChI is InChI=1S/C14H18BrNO2/c15-11-6-8-12(9-7-11)16-13(14(17)18)10-4-2-1-3-5-10/h6-10,13,16H,1-5H2,(H,17,18). The average molecular weight is 312 g/mol. The van der Waals surface area contributed by atoms with Crippen LogP contribution in [0.5, 0.6) is 0 Å². The van der Waals surface area contributed by atoms with Crippen molar-refractivity contribution in [3.05, 3.63) is 28.7 Å². The van der Waals surface area contributed by atoms with E-state index in [0.29, 0.717) is 0 Å². The number of anilines is 1. The molecular weight excluding hydrogens is 294 g/mol. The maximum absolute atomic E-state index is 11.4. The van der Waals surface area contributed by atoms with Crippen molar-refractivity contribution in [3.63, 3.8) is 0 Å². The van der Waals surface area contributed by atoms with Gasteiger partial charge in [0.2, 0.25) is 0 Å². The molecular formula is C14H18BrNO2. The van der Waals surface area contributed by atoms with Crippen molar-refractivity contribution in [2.45, 2.75) is 38.1 Å². The first-order valence-electron chi connectivity index (χ1n) is 6.42. The number of halogens is 1. The second kappa shape index (κ2) is 6.23. The number of carboxylic acids is 1. The molecule has 3 nitrogen and oxygen atoms in total. The zero-order valence-electron chi connectivity index (χ0n) is 10.2. The van der Waals surface area contributed by atoms with Gasteiger partial charge in [-0.25, -0.2) is 4.79 Å². The van der Waals surface area contributed by atoms with Crippen molar-refractivity contribution in [2.75, 3.05) is 5.32 Å². The van der Waals surface area contributed by atoms with E-state index in [1.807, 2.05) is 24.3 Å². The van der Waals surface area contributed by atoms with E-state index in [1.54, 1.807) is 0 Å². The highest BCUT2D eigenvalue weighted by molar-refractivity contribution is 9.10. The van der Waals surface area contributed by atoms with Gasteiger partial charge in [0.05, 0.1) is 0 Å². The van der Waals surface area contributed by atoms with E-state index in [0.717, 1.165) is 35.8 Å². The van der Waals surface area contributed by atoms with Gasteiger partial charge in [-0.1, -0.05) is 35.2 Å². The molecule has 0 aromatic heterocycles. The molecule has 4 heteroatoms. The van der Waals surface area contributed by atoms with E-state index in [-0.39, 0.29) is 5.92 Å². The smallest absolute Gasteiger partial charge is 0.326 e. The Morgan fingerprint density at radius 1 is 1.22 bits per heavy atom.